The van der Waals surface area contributed by atoms with Gasteiger partial charge in [0.25, 0.3) is 0 Å². The molecule has 3 aromatic heterocycles. The fraction of sp³-hybridized carbons (Fsp3) is 0.267. The van der Waals surface area contributed by atoms with E-state index in [4.69, 9.17) is 0 Å². The van der Waals surface area contributed by atoms with Gasteiger partial charge in [0.1, 0.15) is 12.7 Å². The molecule has 7 nitrogen and oxygen atoms in total. The van der Waals surface area contributed by atoms with Gasteiger partial charge in [0.15, 0.2) is 5.13 Å². The number of hydrogen-bond donors (Lipinski definition) is 1. The van der Waals surface area contributed by atoms with Crippen LogP contribution in [0.2, 0.25) is 0 Å². The van der Waals surface area contributed by atoms with Crippen LogP contribution in [0, 0.1) is 5.92 Å². The molecule has 0 spiro atoms. The predicted molar refractivity (Wildman–Crippen MR) is 85.8 cm³/mol. The van der Waals surface area contributed by atoms with E-state index in [0.717, 1.165) is 24.1 Å². The number of hydrogen-bond acceptors (Lipinski definition) is 6. The lowest BCUT2D eigenvalue weighted by Crippen LogP contribution is -2.35. The number of carbonyl (C=O) groups excluding carboxylic acids is 1. The number of rotatable bonds is 4. The lowest BCUT2D eigenvalue weighted by Gasteiger charge is -2.34. The molecule has 0 saturated heterocycles. The summed E-state index contributed by atoms with van der Waals surface area (Å²) in [4.78, 5) is 20.7. The van der Waals surface area contributed by atoms with Crippen LogP contribution in [0.4, 0.5) is 5.13 Å². The smallest absolute Gasteiger partial charge is 0.229 e. The summed E-state index contributed by atoms with van der Waals surface area (Å²) in [5.74, 6) is 0.0561. The van der Waals surface area contributed by atoms with E-state index in [-0.39, 0.29) is 11.8 Å². The fourth-order valence-corrected chi connectivity index (χ4v) is 3.36. The van der Waals surface area contributed by atoms with Crippen LogP contribution in [0.1, 0.15) is 18.9 Å². The standard InChI is InChI=1S/C15H14N6OS/c22-14(11-5-12(6-11)21-8-17-18-9-21)20-15-19-13(7-23-15)10-1-3-16-4-2-10/h1-4,7-9,11-12H,5-6H2,(H,19,20,22). The van der Waals surface area contributed by atoms with Crippen molar-refractivity contribution in [2.24, 2.45) is 5.92 Å². The number of nitrogens with zero attached hydrogens (tertiary/aromatic N) is 5. The number of anilines is 1. The van der Waals surface area contributed by atoms with Crippen LogP contribution >= 0.6 is 11.3 Å². The highest BCUT2D eigenvalue weighted by Gasteiger charge is 2.35. The van der Waals surface area contributed by atoms with E-state index in [1.54, 1.807) is 25.0 Å². The molecule has 0 atom stereocenters. The van der Waals surface area contributed by atoms with Crippen molar-refractivity contribution in [3.63, 3.8) is 0 Å². The third kappa shape index (κ3) is 2.85. The molecule has 0 radical (unpaired) electrons. The Morgan fingerprint density at radius 3 is 2.70 bits per heavy atom. The molecule has 1 aliphatic carbocycles. The van der Waals surface area contributed by atoms with Gasteiger partial charge in [0.2, 0.25) is 5.91 Å². The first-order chi connectivity index (χ1) is 11.3. The lowest BCUT2D eigenvalue weighted by molar-refractivity contribution is -0.123. The van der Waals surface area contributed by atoms with Gasteiger partial charge in [-0.1, -0.05) is 0 Å². The Morgan fingerprint density at radius 2 is 1.96 bits per heavy atom. The van der Waals surface area contributed by atoms with Crippen molar-refractivity contribution < 1.29 is 4.79 Å². The number of nitrogens with one attached hydrogen (secondary N) is 1. The number of pyridine rings is 1. The molecule has 1 amide bonds. The zero-order valence-electron chi connectivity index (χ0n) is 12.2. The molecule has 3 heterocycles. The molecule has 8 heteroatoms. The monoisotopic (exact) mass is 326 g/mol. The quantitative estimate of drug-likeness (QED) is 0.795. The maximum atomic E-state index is 12.3. The van der Waals surface area contributed by atoms with Gasteiger partial charge in [0.05, 0.1) is 5.69 Å². The first-order valence-electron chi connectivity index (χ1n) is 7.30. The minimum Gasteiger partial charge on any atom is -0.317 e. The first-order valence-corrected chi connectivity index (χ1v) is 8.18. The molecule has 1 fully saturated rings. The van der Waals surface area contributed by atoms with E-state index >= 15 is 0 Å². The highest BCUT2D eigenvalue weighted by molar-refractivity contribution is 7.14. The van der Waals surface area contributed by atoms with E-state index in [2.05, 4.69) is 25.5 Å². The SMILES string of the molecule is O=C(Nc1nc(-c2ccncc2)cs1)C1CC(n2cnnc2)C1. The molecule has 1 saturated carbocycles. The molecule has 116 valence electrons. The van der Waals surface area contributed by atoms with Crippen molar-refractivity contribution in [2.45, 2.75) is 18.9 Å². The highest BCUT2D eigenvalue weighted by atomic mass is 32.1. The average Bonchev–Trinajstić information content (AvgIpc) is 3.19. The Morgan fingerprint density at radius 1 is 1.22 bits per heavy atom. The average molecular weight is 326 g/mol. The normalized spacial score (nSPS) is 20.0. The molecular weight excluding hydrogens is 312 g/mol. The van der Waals surface area contributed by atoms with Gasteiger partial charge in [-0.15, -0.1) is 21.5 Å². The molecule has 4 rings (SSSR count). The van der Waals surface area contributed by atoms with Crippen molar-refractivity contribution in [1.82, 2.24) is 24.7 Å². The van der Waals surface area contributed by atoms with Crippen molar-refractivity contribution in [3.8, 4) is 11.3 Å². The molecule has 0 aromatic carbocycles. The minimum atomic E-state index is 0.0238. The molecule has 1 N–H and O–H groups in total. The van der Waals surface area contributed by atoms with Crippen LogP contribution < -0.4 is 5.32 Å². The van der Waals surface area contributed by atoms with Crippen LogP contribution in [0.15, 0.2) is 42.6 Å². The second-order valence-electron chi connectivity index (χ2n) is 5.49. The summed E-state index contributed by atoms with van der Waals surface area (Å²) in [5.41, 5.74) is 1.84. The van der Waals surface area contributed by atoms with E-state index in [1.807, 2.05) is 22.1 Å². The molecule has 0 aliphatic heterocycles. The highest BCUT2D eigenvalue weighted by Crippen LogP contribution is 2.38. The van der Waals surface area contributed by atoms with Crippen molar-refractivity contribution in [2.75, 3.05) is 5.32 Å². The summed E-state index contributed by atoms with van der Waals surface area (Å²) in [6.45, 7) is 0. The molecule has 0 unspecified atom stereocenters. The molecule has 3 aromatic rings. The van der Waals surface area contributed by atoms with Crippen molar-refractivity contribution >= 4 is 22.4 Å². The van der Waals surface area contributed by atoms with Gasteiger partial charge in [-0.25, -0.2) is 4.98 Å². The van der Waals surface area contributed by atoms with Gasteiger partial charge < -0.3 is 9.88 Å². The van der Waals surface area contributed by atoms with E-state index < -0.39 is 0 Å². The maximum Gasteiger partial charge on any atom is 0.229 e. The number of amides is 1. The van der Waals surface area contributed by atoms with Gasteiger partial charge in [-0.3, -0.25) is 9.78 Å². The lowest BCUT2D eigenvalue weighted by atomic mass is 9.79. The second kappa shape index (κ2) is 5.88. The van der Waals surface area contributed by atoms with Gasteiger partial charge >= 0.3 is 0 Å². The Kier molecular flexibility index (Phi) is 3.58. The number of aromatic nitrogens is 5. The van der Waals surface area contributed by atoms with E-state index in [1.165, 1.54) is 11.3 Å². The molecule has 1 aliphatic rings. The summed E-state index contributed by atoms with van der Waals surface area (Å²) < 4.78 is 1.95. The molecular formula is C15H14N6OS. The van der Waals surface area contributed by atoms with E-state index in [0.29, 0.717) is 11.2 Å². The van der Waals surface area contributed by atoms with Gasteiger partial charge in [-0.05, 0) is 25.0 Å². The number of carbonyl (C=O) groups is 1. The van der Waals surface area contributed by atoms with Crippen LogP contribution in [0.25, 0.3) is 11.3 Å². The molecule has 23 heavy (non-hydrogen) atoms. The van der Waals surface area contributed by atoms with Crippen LogP contribution in [0.3, 0.4) is 0 Å². The van der Waals surface area contributed by atoms with Crippen LogP contribution in [-0.4, -0.2) is 30.6 Å². The Hall–Kier alpha value is -2.61. The third-order valence-electron chi connectivity index (χ3n) is 4.05. The molecule has 0 bridgehead atoms. The summed E-state index contributed by atoms with van der Waals surface area (Å²) in [6, 6.07) is 4.12. The zero-order chi connectivity index (χ0) is 15.6. The summed E-state index contributed by atoms with van der Waals surface area (Å²) in [5, 5.41) is 13.1. The van der Waals surface area contributed by atoms with Crippen LogP contribution in [0.5, 0.6) is 0 Å². The van der Waals surface area contributed by atoms with Gasteiger partial charge in [-0.2, -0.15) is 0 Å². The minimum absolute atomic E-state index is 0.0238. The Balaban J connectivity index is 1.36. The second-order valence-corrected chi connectivity index (χ2v) is 6.35. The van der Waals surface area contributed by atoms with Crippen molar-refractivity contribution in [3.05, 3.63) is 42.6 Å². The zero-order valence-corrected chi connectivity index (χ0v) is 13.0. The Labute approximate surface area is 136 Å². The fourth-order valence-electron chi connectivity index (χ4n) is 2.64. The Bertz CT molecular complexity index is 795. The summed E-state index contributed by atoms with van der Waals surface area (Å²) in [7, 11) is 0. The largest absolute Gasteiger partial charge is 0.317 e. The first kappa shape index (κ1) is 14.0. The topological polar surface area (TPSA) is 85.6 Å². The number of thiazole rings is 1. The van der Waals surface area contributed by atoms with Gasteiger partial charge in [0, 0.05) is 35.3 Å². The summed E-state index contributed by atoms with van der Waals surface area (Å²) >= 11 is 1.43. The van der Waals surface area contributed by atoms with Crippen LogP contribution in [-0.2, 0) is 4.79 Å². The maximum absolute atomic E-state index is 12.3. The van der Waals surface area contributed by atoms with Crippen molar-refractivity contribution in [1.29, 1.82) is 0 Å². The third-order valence-corrected chi connectivity index (χ3v) is 4.81. The summed E-state index contributed by atoms with van der Waals surface area (Å²) in [6.07, 6.45) is 8.47. The van der Waals surface area contributed by atoms with E-state index in [9.17, 15) is 4.79 Å². The predicted octanol–water partition coefficient (Wildman–Crippen LogP) is 2.39.